The van der Waals surface area contributed by atoms with Crippen LogP contribution in [-0.4, -0.2) is 15.0 Å². The van der Waals surface area contributed by atoms with Gasteiger partial charge in [0.05, 0.1) is 0 Å². The minimum atomic E-state index is 0.172. The Kier molecular flexibility index (Phi) is 2.44. The lowest BCUT2D eigenvalue weighted by atomic mass is 10.1. The van der Waals surface area contributed by atoms with Gasteiger partial charge in [-0.25, -0.2) is 4.98 Å². The Labute approximate surface area is 104 Å². The maximum atomic E-state index is 5.77. The molecular formula is C12H11ClN4. The maximum absolute atomic E-state index is 5.77. The van der Waals surface area contributed by atoms with Crippen LogP contribution in [0.3, 0.4) is 0 Å². The van der Waals surface area contributed by atoms with Crippen molar-refractivity contribution in [3.63, 3.8) is 0 Å². The standard InChI is InChI=1S/C12H11ClN4/c13-11-15-10(16-12(14)17-11)9-6-8(9)7-4-2-1-3-5-7/h1-5,8-9H,6H2,(H2,14,15,16,17). The number of rotatable bonds is 2. The largest absolute Gasteiger partial charge is 0.368 e. The molecule has 1 aromatic carbocycles. The molecule has 0 aliphatic heterocycles. The molecule has 1 saturated carbocycles. The Balaban J connectivity index is 1.85. The van der Waals surface area contributed by atoms with Gasteiger partial charge in [-0.1, -0.05) is 30.3 Å². The van der Waals surface area contributed by atoms with Crippen molar-refractivity contribution in [1.82, 2.24) is 15.0 Å². The molecule has 0 spiro atoms. The van der Waals surface area contributed by atoms with Crippen molar-refractivity contribution < 1.29 is 0 Å². The van der Waals surface area contributed by atoms with Crippen LogP contribution in [0.2, 0.25) is 5.28 Å². The van der Waals surface area contributed by atoms with E-state index in [0.717, 1.165) is 6.42 Å². The predicted octanol–water partition coefficient (Wildman–Crippen LogP) is 2.38. The van der Waals surface area contributed by atoms with Crippen molar-refractivity contribution in [2.75, 3.05) is 5.73 Å². The molecule has 3 rings (SSSR count). The first-order valence-corrected chi connectivity index (χ1v) is 5.84. The van der Waals surface area contributed by atoms with Crippen molar-refractivity contribution in [3.05, 3.63) is 47.0 Å². The van der Waals surface area contributed by atoms with E-state index in [-0.39, 0.29) is 11.2 Å². The van der Waals surface area contributed by atoms with Crippen LogP contribution in [0.5, 0.6) is 0 Å². The van der Waals surface area contributed by atoms with Crippen LogP contribution in [-0.2, 0) is 0 Å². The molecule has 4 nitrogen and oxygen atoms in total. The first-order chi connectivity index (χ1) is 8.24. The fourth-order valence-corrected chi connectivity index (χ4v) is 2.27. The Morgan fingerprint density at radius 3 is 2.53 bits per heavy atom. The summed E-state index contributed by atoms with van der Waals surface area (Å²) in [5.41, 5.74) is 6.88. The summed E-state index contributed by atoms with van der Waals surface area (Å²) >= 11 is 5.77. The summed E-state index contributed by atoms with van der Waals surface area (Å²) in [5.74, 6) is 1.70. The van der Waals surface area contributed by atoms with Gasteiger partial charge in [-0.2, -0.15) is 9.97 Å². The Morgan fingerprint density at radius 2 is 1.82 bits per heavy atom. The molecule has 0 radical (unpaired) electrons. The van der Waals surface area contributed by atoms with Gasteiger partial charge in [0.2, 0.25) is 11.2 Å². The number of aromatic nitrogens is 3. The van der Waals surface area contributed by atoms with Gasteiger partial charge in [-0.3, -0.25) is 0 Å². The van der Waals surface area contributed by atoms with Crippen LogP contribution in [0.1, 0.15) is 29.6 Å². The molecule has 2 unspecified atom stereocenters. The van der Waals surface area contributed by atoms with Crippen molar-refractivity contribution >= 4 is 17.5 Å². The molecule has 2 atom stereocenters. The molecule has 5 heteroatoms. The number of nitrogens with two attached hydrogens (primary N) is 1. The number of nitrogens with zero attached hydrogens (tertiary/aromatic N) is 3. The minimum Gasteiger partial charge on any atom is -0.368 e. The fourth-order valence-electron chi connectivity index (χ4n) is 2.10. The van der Waals surface area contributed by atoms with E-state index in [1.165, 1.54) is 5.56 Å². The van der Waals surface area contributed by atoms with Gasteiger partial charge in [0, 0.05) is 5.92 Å². The lowest BCUT2D eigenvalue weighted by Crippen LogP contribution is -2.02. The summed E-state index contributed by atoms with van der Waals surface area (Å²) < 4.78 is 0. The highest BCUT2D eigenvalue weighted by Crippen LogP contribution is 2.53. The second-order valence-electron chi connectivity index (χ2n) is 4.18. The van der Waals surface area contributed by atoms with Crippen molar-refractivity contribution in [1.29, 1.82) is 0 Å². The van der Waals surface area contributed by atoms with Crippen LogP contribution in [0.4, 0.5) is 5.95 Å². The van der Waals surface area contributed by atoms with E-state index < -0.39 is 0 Å². The highest BCUT2D eigenvalue weighted by molar-refractivity contribution is 6.28. The third kappa shape index (κ3) is 2.08. The van der Waals surface area contributed by atoms with Crippen molar-refractivity contribution in [3.8, 4) is 0 Å². The molecule has 0 bridgehead atoms. The highest BCUT2D eigenvalue weighted by atomic mass is 35.5. The first-order valence-electron chi connectivity index (χ1n) is 5.46. The maximum Gasteiger partial charge on any atom is 0.227 e. The van der Waals surface area contributed by atoms with E-state index >= 15 is 0 Å². The number of halogens is 1. The van der Waals surface area contributed by atoms with Gasteiger partial charge in [-0.15, -0.1) is 0 Å². The number of hydrogen-bond acceptors (Lipinski definition) is 4. The summed E-state index contributed by atoms with van der Waals surface area (Å²) in [6.45, 7) is 0. The average Bonchev–Trinajstić information content (AvgIpc) is 3.09. The van der Waals surface area contributed by atoms with Gasteiger partial charge < -0.3 is 5.73 Å². The molecule has 1 aliphatic carbocycles. The topological polar surface area (TPSA) is 64.7 Å². The molecule has 17 heavy (non-hydrogen) atoms. The zero-order chi connectivity index (χ0) is 11.8. The van der Waals surface area contributed by atoms with Crippen LogP contribution >= 0.6 is 11.6 Å². The first kappa shape index (κ1) is 10.5. The molecule has 1 heterocycles. The number of anilines is 1. The average molecular weight is 247 g/mol. The van der Waals surface area contributed by atoms with E-state index in [1.54, 1.807) is 0 Å². The van der Waals surface area contributed by atoms with Gasteiger partial charge in [0.25, 0.3) is 0 Å². The lowest BCUT2D eigenvalue weighted by molar-refractivity contribution is 0.871. The zero-order valence-electron chi connectivity index (χ0n) is 9.05. The zero-order valence-corrected chi connectivity index (χ0v) is 9.80. The Morgan fingerprint density at radius 1 is 1.06 bits per heavy atom. The minimum absolute atomic E-state index is 0.172. The molecule has 1 aromatic heterocycles. The van der Waals surface area contributed by atoms with E-state index in [1.807, 2.05) is 18.2 Å². The third-order valence-corrected chi connectivity index (χ3v) is 3.16. The quantitative estimate of drug-likeness (QED) is 0.884. The van der Waals surface area contributed by atoms with E-state index in [2.05, 4.69) is 27.1 Å². The van der Waals surface area contributed by atoms with E-state index in [0.29, 0.717) is 17.7 Å². The van der Waals surface area contributed by atoms with Crippen molar-refractivity contribution in [2.45, 2.75) is 18.3 Å². The summed E-state index contributed by atoms with van der Waals surface area (Å²) in [6.07, 6.45) is 1.05. The van der Waals surface area contributed by atoms with Crippen LogP contribution < -0.4 is 5.73 Å². The second kappa shape index (κ2) is 3.96. The molecule has 0 saturated heterocycles. The molecular weight excluding hydrogens is 236 g/mol. The Bertz CT molecular complexity index is 523. The SMILES string of the molecule is Nc1nc(Cl)nc(C2CC2c2ccccc2)n1. The monoisotopic (exact) mass is 246 g/mol. The molecule has 1 aliphatic rings. The van der Waals surface area contributed by atoms with E-state index in [9.17, 15) is 0 Å². The Hall–Kier alpha value is -1.68. The number of nitrogen functional groups attached to an aromatic ring is 1. The predicted molar refractivity (Wildman–Crippen MR) is 65.8 cm³/mol. The van der Waals surface area contributed by atoms with Crippen LogP contribution in [0.15, 0.2) is 30.3 Å². The van der Waals surface area contributed by atoms with Gasteiger partial charge in [0.15, 0.2) is 0 Å². The van der Waals surface area contributed by atoms with Gasteiger partial charge in [-0.05, 0) is 29.5 Å². The van der Waals surface area contributed by atoms with Crippen LogP contribution in [0, 0.1) is 0 Å². The molecule has 1 fully saturated rings. The second-order valence-corrected chi connectivity index (χ2v) is 4.52. The van der Waals surface area contributed by atoms with Crippen molar-refractivity contribution in [2.24, 2.45) is 0 Å². The number of hydrogen-bond donors (Lipinski definition) is 1. The number of benzene rings is 1. The molecule has 2 aromatic rings. The van der Waals surface area contributed by atoms with E-state index in [4.69, 9.17) is 17.3 Å². The summed E-state index contributed by atoms with van der Waals surface area (Å²) in [7, 11) is 0. The van der Waals surface area contributed by atoms with Gasteiger partial charge in [0.1, 0.15) is 5.82 Å². The molecule has 86 valence electrons. The van der Waals surface area contributed by atoms with Gasteiger partial charge >= 0.3 is 0 Å². The molecule has 0 amide bonds. The fraction of sp³-hybridized carbons (Fsp3) is 0.250. The summed E-state index contributed by atoms with van der Waals surface area (Å²) in [6, 6.07) is 10.3. The normalized spacial score (nSPS) is 22.4. The smallest absolute Gasteiger partial charge is 0.227 e. The highest BCUT2D eigenvalue weighted by Gasteiger charge is 2.41. The lowest BCUT2D eigenvalue weighted by Gasteiger charge is -2.01. The summed E-state index contributed by atoms with van der Waals surface area (Å²) in [4.78, 5) is 12.0. The summed E-state index contributed by atoms with van der Waals surface area (Å²) in [5, 5.41) is 0.172. The third-order valence-electron chi connectivity index (χ3n) is 2.99. The van der Waals surface area contributed by atoms with Crippen LogP contribution in [0.25, 0.3) is 0 Å². The molecule has 2 N–H and O–H groups in total.